The number of nitrogens with one attached hydrogen (secondary N) is 5. The smallest absolute Gasteiger partial charge is 0.234 e. The van der Waals surface area contributed by atoms with Crippen molar-refractivity contribution in [1.29, 1.82) is 16.2 Å². The number of hydrogen-bond donors (Lipinski definition) is 8. The molecule has 0 spiro atoms. The van der Waals surface area contributed by atoms with Crippen LogP contribution in [0, 0.1) is 28.1 Å². The summed E-state index contributed by atoms with van der Waals surface area (Å²) in [6.07, 6.45) is 12.0. The number of allylic oxidation sites excluding steroid dienone is 1. The molecule has 8 aromatic carbocycles. The number of anilines is 6. The third kappa shape index (κ3) is 19.3. The number of aliphatic imine (C=N–C) groups is 1. The van der Waals surface area contributed by atoms with Gasteiger partial charge in [0, 0.05) is 146 Å². The lowest BCUT2D eigenvalue weighted by molar-refractivity contribution is -0.118. The number of para-hydroxylation sites is 5. The molecule has 146 heavy (non-hydrogen) atoms. The molecule has 21 rings (SSSR count). The molecule has 0 atom stereocenters. The van der Waals surface area contributed by atoms with E-state index in [1.807, 2.05) is 143 Å². The predicted molar refractivity (Wildman–Crippen MR) is 572 cm³/mol. The molecule has 8 N–H and O–H groups in total. The first-order valence-corrected chi connectivity index (χ1v) is 48.9. The minimum atomic E-state index is -2.73. The van der Waals surface area contributed by atoms with E-state index in [2.05, 4.69) is 64.1 Å². The first kappa shape index (κ1) is 94.8. The number of ketones is 2. The highest BCUT2D eigenvalue weighted by Gasteiger charge is 2.54. The van der Waals surface area contributed by atoms with E-state index in [0.717, 1.165) is 87.3 Å². The lowest BCUT2D eigenvalue weighted by Crippen LogP contribution is -2.47. The van der Waals surface area contributed by atoms with Crippen molar-refractivity contribution in [3.05, 3.63) is 262 Å². The van der Waals surface area contributed by atoms with Crippen molar-refractivity contribution in [3.8, 4) is 51.7 Å². The molecule has 2 aliphatic carbocycles. The molecule has 0 radical (unpaired) electrons. The summed E-state index contributed by atoms with van der Waals surface area (Å²) < 4.78 is 100. The molecule has 0 amide bonds. The largest absolute Gasteiger partial charge is 0.509 e. The number of fused-ring (bicyclic) bond motifs is 4. The van der Waals surface area contributed by atoms with Crippen molar-refractivity contribution in [2.45, 2.75) is 149 Å². The molecule has 3 fully saturated rings. The number of aliphatic hydroxyl groups excluding tert-OH is 3. The number of nitrogens with zero attached hydrogens (tertiary/aromatic N) is 12. The lowest BCUT2D eigenvalue weighted by atomic mass is 9.85. The fraction of sp³-hybridized carbons (Fsp3) is 0.330. The van der Waals surface area contributed by atoms with Crippen molar-refractivity contribution in [2.24, 2.45) is 16.8 Å². The van der Waals surface area contributed by atoms with Crippen LogP contribution in [0.4, 0.5) is 34.1 Å². The van der Waals surface area contributed by atoms with E-state index < -0.39 is 35.8 Å². The number of Topliss-reactive ketones (excluding diaryl/α,β-unsaturated/α-hetero) is 2. The molecule has 0 unspecified atom stereocenters. The Morgan fingerprint density at radius 1 is 0.514 bits per heavy atom. The lowest BCUT2D eigenvalue weighted by Gasteiger charge is -2.36. The number of benzene rings is 8. The van der Waals surface area contributed by atoms with Crippen LogP contribution in [0.2, 0.25) is 0 Å². The summed E-state index contributed by atoms with van der Waals surface area (Å²) >= 11 is 1.51. The number of rotatable bonds is 25. The molecule has 6 aliphatic heterocycles. The minimum Gasteiger partial charge on any atom is -0.509 e. The topological polar surface area (TPSA) is 398 Å². The van der Waals surface area contributed by atoms with Crippen LogP contribution in [0.3, 0.4) is 0 Å². The maximum Gasteiger partial charge on any atom is 0.234 e. The number of hydrogen-bond acceptors (Lipinski definition) is 29. The summed E-state index contributed by atoms with van der Waals surface area (Å²) in [6.45, 7) is 18.0. The summed E-state index contributed by atoms with van der Waals surface area (Å²) in [6, 6.07) is 51.8. The van der Waals surface area contributed by atoms with Gasteiger partial charge in [-0.1, -0.05) is 62.2 Å². The van der Waals surface area contributed by atoms with E-state index in [1.165, 1.54) is 68.9 Å². The number of thiophene rings is 1. The number of imidazole rings is 1. The van der Waals surface area contributed by atoms with Gasteiger partial charge in [0.2, 0.25) is 11.8 Å². The molecule has 8 aliphatic rings. The Morgan fingerprint density at radius 2 is 1.01 bits per heavy atom. The van der Waals surface area contributed by atoms with Crippen LogP contribution < -0.4 is 77.8 Å². The van der Waals surface area contributed by atoms with E-state index in [0.29, 0.717) is 120 Å². The van der Waals surface area contributed by atoms with Gasteiger partial charge in [0.1, 0.15) is 148 Å². The molecular formula is C112H123N17O16S. The van der Waals surface area contributed by atoms with Gasteiger partial charge in [-0.05, 0) is 166 Å². The Balaban J connectivity index is 0.000000130. The zero-order valence-corrected chi connectivity index (χ0v) is 85.6. The van der Waals surface area contributed by atoms with Crippen molar-refractivity contribution in [2.75, 3.05) is 113 Å². The number of oxazole rings is 2. The Hall–Kier alpha value is -16.1. The number of amidine groups is 4. The highest BCUT2D eigenvalue weighted by atomic mass is 32.1. The van der Waals surface area contributed by atoms with Gasteiger partial charge in [0.25, 0.3) is 0 Å². The van der Waals surface area contributed by atoms with Gasteiger partial charge in [-0.15, -0.1) is 11.3 Å². The van der Waals surface area contributed by atoms with Crippen molar-refractivity contribution in [3.63, 3.8) is 0 Å². The van der Waals surface area contributed by atoms with Gasteiger partial charge in [0.15, 0.2) is 28.6 Å². The van der Waals surface area contributed by atoms with Gasteiger partial charge in [-0.25, -0.2) is 24.9 Å². The Kier molecular flexibility index (Phi) is 27.0. The van der Waals surface area contributed by atoms with Crippen LogP contribution >= 0.6 is 11.3 Å². The van der Waals surface area contributed by atoms with Crippen LogP contribution in [0.25, 0.3) is 55.5 Å². The quantitative estimate of drug-likeness (QED) is 0.0246. The van der Waals surface area contributed by atoms with Gasteiger partial charge >= 0.3 is 0 Å². The Labute approximate surface area is 858 Å². The second-order valence-corrected chi connectivity index (χ2v) is 38.8. The molecule has 5 aromatic heterocycles. The van der Waals surface area contributed by atoms with Gasteiger partial charge in [-0.2, -0.15) is 0 Å². The average molecular weight is 2000 g/mol. The summed E-state index contributed by atoms with van der Waals surface area (Å²) in [7, 11) is 10.1. The van der Waals surface area contributed by atoms with Crippen molar-refractivity contribution < 1.29 is 83.2 Å². The molecule has 1 saturated heterocycles. The van der Waals surface area contributed by atoms with E-state index in [1.54, 1.807) is 157 Å². The monoisotopic (exact) mass is 2000 g/mol. The number of methoxy groups -OCH3 is 8. The Morgan fingerprint density at radius 3 is 1.56 bits per heavy atom. The maximum absolute atomic E-state index is 14.4. The van der Waals surface area contributed by atoms with E-state index >= 15 is 0 Å². The number of carbonyl (C=O) groups excluding carboxylic acids is 2. The zero-order chi connectivity index (χ0) is 108. The highest BCUT2D eigenvalue weighted by Crippen LogP contribution is 2.51. The van der Waals surface area contributed by atoms with E-state index in [4.69, 9.17) is 79.5 Å². The normalized spacial score (nSPS) is 18.5. The second-order valence-electron chi connectivity index (χ2n) is 38.1. The van der Waals surface area contributed by atoms with Crippen LogP contribution in [0.15, 0.2) is 241 Å². The van der Waals surface area contributed by atoms with Crippen LogP contribution in [0.1, 0.15) is 149 Å². The summed E-state index contributed by atoms with van der Waals surface area (Å²) in [4.78, 5) is 63.8. The number of ether oxygens (including phenoxy) is 9. The zero-order valence-electron chi connectivity index (χ0n) is 89.8. The van der Waals surface area contributed by atoms with Crippen molar-refractivity contribution in [1.82, 2.24) is 34.8 Å². The van der Waals surface area contributed by atoms with Crippen LogP contribution in [-0.4, -0.2) is 185 Å². The minimum absolute atomic E-state index is 0.0193. The standard InChI is InChI=1S/C31H38N4O3.C24H27N3O3.C21H21N3O4.C18H20N4O3.C18H17N3O3S/c1-31(2)28(36)27(30-33-25-13-5-6-14-26(25)34(30)19-21-11-8-12-21)29(32-18-20-9-7-10-20)35(31)22-15-23(37-3)17-24(16-22)38-4;1-6-30-18-13-16(12-17(14-18)29-5)27-23(25-4)21(22(28)24(27,2)3)20-11-15-9-7-8-10-19(15)26-20;1-21(2)18(25)17(20-23-15-7-5-6-8-16(15)28-20)19(22)24(21)12-9-13(26-3)11-14(10-12)27-4;1-18(2)15(23)14(17-20-6-5-7-21-17)16(19)22(18)11-8-12(24-3)10-13(9-11)25-4;1-3-10-4-11(6-12(5-10)23-2)21-7-14(22)16(17(21)19)18-20-13-8-25-9-15(13)24-18/h5-6,13-17,20-21,32H,7-12,18-19H2,1-4H3;7-10,12-14,26H,6,11H2,1-5H3;5-11,22,25H,1-4H3;5-10,19,23H,1-4H3;4-6,8-9,19,22H,3,7H2,1-2H3/i;5D3,6D2;;;. The van der Waals surface area contributed by atoms with E-state index in [-0.39, 0.29) is 81.7 Å². The fourth-order valence-corrected chi connectivity index (χ4v) is 20.0. The number of aromatic nitrogens is 6. The number of aryl methyl sites for hydroxylation is 1. The fourth-order valence-electron chi connectivity index (χ4n) is 19.4. The third-order valence-electron chi connectivity index (χ3n) is 27.6. The molecular weight excluding hydrogens is 1870 g/mol. The van der Waals surface area contributed by atoms with Gasteiger partial charge in [-0.3, -0.25) is 30.8 Å². The molecule has 2 saturated carbocycles. The van der Waals surface area contributed by atoms with Crippen LogP contribution in [-0.2, 0) is 29.0 Å². The average Bonchev–Trinajstić information content (AvgIpc) is 1.59. The van der Waals surface area contributed by atoms with Crippen LogP contribution in [0.5, 0.6) is 51.7 Å². The second kappa shape index (κ2) is 41.7. The summed E-state index contributed by atoms with van der Waals surface area (Å²) in [5.41, 5.74) is 10.3. The molecule has 0 bridgehead atoms. The third-order valence-corrected chi connectivity index (χ3v) is 28.3. The predicted octanol–water partition coefficient (Wildman–Crippen LogP) is 21.6. The van der Waals surface area contributed by atoms with Crippen molar-refractivity contribution >= 4 is 136 Å². The molecule has 11 heterocycles. The maximum atomic E-state index is 14.4. The molecule has 33 nitrogen and oxygen atoms in total. The summed E-state index contributed by atoms with van der Waals surface area (Å²) in [5.74, 6) is 8.99. The number of carbonyl (C=O) groups is 2. The summed E-state index contributed by atoms with van der Waals surface area (Å²) in [5, 5.41) is 68.9. The first-order chi connectivity index (χ1) is 72.0. The van der Waals surface area contributed by atoms with Gasteiger partial charge in [0.05, 0.1) is 127 Å². The Bertz CT molecular complexity index is 7460. The molecule has 34 heteroatoms. The molecule has 13 aromatic rings. The molecule has 758 valence electrons. The SMILES string of the molecule is CCc1cc(OC)cc(N2CC(O)=C(c3nc4cscc4o3)C2=N)c1.COc1cc(OC)cc(N2C(=N)C(c3nc4ccccc4o3)=C(O)C2(C)C)c1.COc1cc(OC)cc(N2C(=N)C(c3ncccn3)=C(O)C2(C)C)c1.COc1cc(OC)cc(N2C(NCC3CCC3)=C(c3nc4ccccc4n3CC3CCC3)C(=O)C2(C)C)c1.[2H]C([2H])([2H])Oc1cc(OC([2H])([2H])C)cc(N2C(=NC)C(=C3Cc4ccccc4N3)C(=O)C2(C)C)c1. The first-order valence-electron chi connectivity index (χ1n) is 50.5. The van der Waals surface area contributed by atoms with E-state index in [9.17, 15) is 24.9 Å². The highest BCUT2D eigenvalue weighted by molar-refractivity contribution is 7.09. The number of aliphatic hydroxyl groups is 3. The van der Waals surface area contributed by atoms with Gasteiger partial charge < -0.3 is 106 Å².